The average molecular weight is 274 g/mol. The second kappa shape index (κ2) is 6.04. The Morgan fingerprint density at radius 1 is 1.18 bits per heavy atom. The molecule has 1 N–H and O–H groups in total. The average Bonchev–Trinajstić information content (AvgIpc) is 2.29. The molecule has 2 rings (SSSR count). The summed E-state index contributed by atoms with van der Waals surface area (Å²) >= 11 is 0. The van der Waals surface area contributed by atoms with Gasteiger partial charge in [0.25, 0.3) is 0 Å². The van der Waals surface area contributed by atoms with Gasteiger partial charge in [-0.15, -0.1) is 12.4 Å². The van der Waals surface area contributed by atoms with Crippen molar-refractivity contribution in [3.8, 4) is 0 Å². The lowest BCUT2D eigenvalue weighted by Crippen LogP contribution is -2.28. The van der Waals surface area contributed by atoms with Gasteiger partial charge in [-0.05, 0) is 50.7 Å². The van der Waals surface area contributed by atoms with Crippen molar-refractivity contribution < 1.29 is 4.57 Å². The summed E-state index contributed by atoms with van der Waals surface area (Å²) in [6.07, 6.45) is 2.33. The van der Waals surface area contributed by atoms with Gasteiger partial charge in [-0.2, -0.15) is 0 Å². The van der Waals surface area contributed by atoms with Gasteiger partial charge in [-0.3, -0.25) is 0 Å². The second-order valence-electron chi connectivity index (χ2n) is 4.93. The van der Waals surface area contributed by atoms with E-state index >= 15 is 0 Å². The zero-order valence-electron chi connectivity index (χ0n) is 10.5. The van der Waals surface area contributed by atoms with Gasteiger partial charge < -0.3 is 9.88 Å². The Labute approximate surface area is 110 Å². The van der Waals surface area contributed by atoms with Gasteiger partial charge in [0, 0.05) is 5.30 Å². The summed E-state index contributed by atoms with van der Waals surface area (Å²) in [7, 11) is -2.14. The largest absolute Gasteiger partial charge is 0.319 e. The monoisotopic (exact) mass is 273 g/mol. The van der Waals surface area contributed by atoms with E-state index in [4.69, 9.17) is 0 Å². The zero-order valence-corrected chi connectivity index (χ0v) is 12.2. The predicted molar refractivity (Wildman–Crippen MR) is 77.6 cm³/mol. The minimum Gasteiger partial charge on any atom is -0.319 e. The van der Waals surface area contributed by atoms with Gasteiger partial charge in [0.2, 0.25) is 0 Å². The van der Waals surface area contributed by atoms with Crippen LogP contribution in [0.5, 0.6) is 0 Å². The third-order valence-electron chi connectivity index (χ3n) is 3.30. The van der Waals surface area contributed by atoms with Crippen molar-refractivity contribution >= 4 is 24.9 Å². The molecule has 1 heterocycles. The summed E-state index contributed by atoms with van der Waals surface area (Å²) in [6.45, 7) is 5.90. The highest BCUT2D eigenvalue weighted by Crippen LogP contribution is 2.39. The highest BCUT2D eigenvalue weighted by molar-refractivity contribution is 7.70. The lowest BCUT2D eigenvalue weighted by Gasteiger charge is -2.26. The molecule has 2 nitrogen and oxygen atoms in total. The fraction of sp³-hybridized carbons (Fsp3) is 0.538. The smallest absolute Gasteiger partial charge is 0.110 e. The first-order chi connectivity index (χ1) is 7.59. The molecule has 0 atom stereocenters. The van der Waals surface area contributed by atoms with Crippen LogP contribution in [-0.2, 0) is 4.57 Å². The van der Waals surface area contributed by atoms with Crippen molar-refractivity contribution in [2.24, 2.45) is 0 Å². The van der Waals surface area contributed by atoms with Crippen molar-refractivity contribution in [1.82, 2.24) is 5.32 Å². The van der Waals surface area contributed by atoms with E-state index in [9.17, 15) is 4.57 Å². The van der Waals surface area contributed by atoms with E-state index < -0.39 is 7.14 Å². The Balaban J connectivity index is 0.00000144. The lowest BCUT2D eigenvalue weighted by atomic mass is 9.90. The number of halogens is 1. The SMILES string of the molecule is CP(C)(=O)c1ccccc1C1CCNCC1.Cl. The molecule has 1 fully saturated rings. The molecule has 0 aliphatic carbocycles. The summed E-state index contributed by atoms with van der Waals surface area (Å²) in [5.74, 6) is 0.589. The molecule has 1 aromatic carbocycles. The molecule has 17 heavy (non-hydrogen) atoms. The zero-order chi connectivity index (χ0) is 11.6. The normalized spacial score (nSPS) is 17.5. The molecule has 1 aromatic rings. The molecule has 1 aliphatic heterocycles. The van der Waals surface area contributed by atoms with Crippen LogP contribution < -0.4 is 10.6 Å². The van der Waals surface area contributed by atoms with Crippen LogP contribution in [0.1, 0.15) is 24.3 Å². The molecule has 0 unspecified atom stereocenters. The van der Waals surface area contributed by atoms with Gasteiger partial charge in [-0.25, -0.2) is 0 Å². The number of nitrogens with one attached hydrogen (secondary N) is 1. The number of hydrogen-bond donors (Lipinski definition) is 1. The molecule has 1 saturated heterocycles. The third kappa shape index (κ3) is 3.58. The Hall–Kier alpha value is -0.300. The molecule has 0 spiro atoms. The van der Waals surface area contributed by atoms with Crippen LogP contribution in [0.3, 0.4) is 0 Å². The Morgan fingerprint density at radius 2 is 1.76 bits per heavy atom. The van der Waals surface area contributed by atoms with Gasteiger partial charge in [0.05, 0.1) is 0 Å². The van der Waals surface area contributed by atoms with Crippen LogP contribution in [0.25, 0.3) is 0 Å². The van der Waals surface area contributed by atoms with Crippen LogP contribution in [0.15, 0.2) is 24.3 Å². The van der Waals surface area contributed by atoms with Crippen LogP contribution in [0.2, 0.25) is 0 Å². The van der Waals surface area contributed by atoms with E-state index in [1.165, 1.54) is 5.56 Å². The van der Waals surface area contributed by atoms with Crippen molar-refractivity contribution in [3.63, 3.8) is 0 Å². The Kier molecular flexibility index (Phi) is 5.24. The van der Waals surface area contributed by atoms with Crippen molar-refractivity contribution in [2.45, 2.75) is 18.8 Å². The van der Waals surface area contributed by atoms with Gasteiger partial charge in [0.15, 0.2) is 0 Å². The maximum absolute atomic E-state index is 12.3. The van der Waals surface area contributed by atoms with E-state index in [0.717, 1.165) is 31.2 Å². The molecule has 0 radical (unpaired) electrons. The first kappa shape index (κ1) is 14.8. The summed E-state index contributed by atoms with van der Waals surface area (Å²) in [5.41, 5.74) is 1.32. The maximum Gasteiger partial charge on any atom is 0.110 e. The highest BCUT2D eigenvalue weighted by Gasteiger charge is 2.22. The van der Waals surface area contributed by atoms with Crippen LogP contribution >= 0.6 is 19.5 Å². The summed E-state index contributed by atoms with van der Waals surface area (Å²) in [6, 6.07) is 8.26. The van der Waals surface area contributed by atoms with Crippen LogP contribution in [0.4, 0.5) is 0 Å². The first-order valence-corrected chi connectivity index (χ1v) is 8.54. The Morgan fingerprint density at radius 3 is 2.35 bits per heavy atom. The molecule has 0 amide bonds. The molecule has 0 aromatic heterocycles. The Bertz CT molecular complexity index is 410. The third-order valence-corrected chi connectivity index (χ3v) is 4.86. The standard InChI is InChI=1S/C13H20NOP.ClH/c1-16(2,15)13-6-4-3-5-12(13)11-7-9-14-10-8-11;/h3-6,11,14H,7-10H2,1-2H3;1H. The summed E-state index contributed by atoms with van der Waals surface area (Å²) in [4.78, 5) is 0. The van der Waals surface area contributed by atoms with Crippen molar-refractivity contribution in [3.05, 3.63) is 29.8 Å². The van der Waals surface area contributed by atoms with Gasteiger partial charge >= 0.3 is 0 Å². The fourth-order valence-corrected chi connectivity index (χ4v) is 3.78. The van der Waals surface area contributed by atoms with E-state index in [-0.39, 0.29) is 12.4 Å². The van der Waals surface area contributed by atoms with Gasteiger partial charge in [-0.1, -0.05) is 24.3 Å². The van der Waals surface area contributed by atoms with Crippen molar-refractivity contribution in [1.29, 1.82) is 0 Å². The fourth-order valence-electron chi connectivity index (χ4n) is 2.46. The number of benzene rings is 1. The molecule has 0 saturated carbocycles. The van der Waals surface area contributed by atoms with E-state index in [0.29, 0.717) is 5.92 Å². The van der Waals surface area contributed by atoms with E-state index in [1.807, 2.05) is 25.5 Å². The summed E-state index contributed by atoms with van der Waals surface area (Å²) < 4.78 is 12.3. The van der Waals surface area contributed by atoms with Crippen LogP contribution in [0, 0.1) is 0 Å². The number of hydrogen-bond acceptors (Lipinski definition) is 2. The minimum absolute atomic E-state index is 0. The summed E-state index contributed by atoms with van der Waals surface area (Å²) in [5, 5.41) is 4.46. The first-order valence-electron chi connectivity index (χ1n) is 5.94. The number of piperidine rings is 1. The topological polar surface area (TPSA) is 29.1 Å². The molecular weight excluding hydrogens is 253 g/mol. The molecule has 0 bridgehead atoms. The number of rotatable bonds is 2. The second-order valence-corrected chi connectivity index (χ2v) is 8.12. The molecule has 96 valence electrons. The maximum atomic E-state index is 12.3. The lowest BCUT2D eigenvalue weighted by molar-refractivity contribution is 0.461. The van der Waals surface area contributed by atoms with Crippen molar-refractivity contribution in [2.75, 3.05) is 26.4 Å². The molecular formula is C13H21ClNOP. The van der Waals surface area contributed by atoms with Crippen LogP contribution in [-0.4, -0.2) is 26.4 Å². The van der Waals surface area contributed by atoms with E-state index in [1.54, 1.807) is 0 Å². The minimum atomic E-state index is -2.14. The predicted octanol–water partition coefficient (Wildman–Crippen LogP) is 2.82. The molecule has 1 aliphatic rings. The van der Waals surface area contributed by atoms with E-state index in [2.05, 4.69) is 17.4 Å². The van der Waals surface area contributed by atoms with Gasteiger partial charge in [0.1, 0.15) is 7.14 Å². The highest BCUT2D eigenvalue weighted by atomic mass is 35.5. The quantitative estimate of drug-likeness (QED) is 0.840. The molecule has 4 heteroatoms.